The van der Waals surface area contributed by atoms with Crippen molar-refractivity contribution in [1.82, 2.24) is 4.90 Å². The molecule has 1 heterocycles. The van der Waals surface area contributed by atoms with Gasteiger partial charge >= 0.3 is 17.9 Å². The van der Waals surface area contributed by atoms with E-state index in [4.69, 9.17) is 20.4 Å². The minimum Gasteiger partial charge on any atom is -0.481 e. The summed E-state index contributed by atoms with van der Waals surface area (Å²) in [6, 6.07) is 1.64. The van der Waals surface area contributed by atoms with E-state index in [1.165, 1.54) is 0 Å². The number of imide groups is 1. The monoisotopic (exact) mass is 339 g/mol. The van der Waals surface area contributed by atoms with Crippen LogP contribution in [0, 0.1) is 0 Å². The van der Waals surface area contributed by atoms with Gasteiger partial charge in [-0.2, -0.15) is 0 Å². The Morgan fingerprint density at radius 1 is 0.875 bits per heavy atom. The summed E-state index contributed by atoms with van der Waals surface area (Å²) in [5, 5.41) is 33.6. The fourth-order valence-electron chi connectivity index (χ4n) is 2.10. The van der Waals surface area contributed by atoms with Crippen LogP contribution in [-0.4, -0.2) is 68.7 Å². The third-order valence-electron chi connectivity index (χ3n) is 3.12. The lowest BCUT2D eigenvalue weighted by atomic mass is 9.99. The van der Waals surface area contributed by atoms with E-state index in [9.17, 15) is 24.0 Å². The number of nitrogens with zero attached hydrogens (tertiary/aromatic N) is 1. The minimum absolute atomic E-state index is 0.252. The fraction of sp³-hybridized carbons (Fsp3) is 0.214. The molecule has 24 heavy (non-hydrogen) atoms. The number of aliphatic hydroxyl groups excluding tert-OH is 1. The number of hydrogen-bond acceptors (Lipinski definition) is 6. The first kappa shape index (κ1) is 18.8. The molecule has 128 valence electrons. The number of carbonyl (C=O) groups excluding carboxylic acids is 2. The van der Waals surface area contributed by atoms with E-state index in [1.807, 2.05) is 0 Å². The Hall–Kier alpha value is -3.27. The Bertz CT molecular complexity index is 685. The molecule has 0 aromatic heterocycles. The number of fused-ring (bicyclic) bond motifs is 1. The van der Waals surface area contributed by atoms with Crippen molar-refractivity contribution in [1.29, 1.82) is 0 Å². The molecule has 4 N–H and O–H groups in total. The average Bonchev–Trinajstić information content (AvgIpc) is 2.77. The molecule has 1 aromatic carbocycles. The summed E-state index contributed by atoms with van der Waals surface area (Å²) < 4.78 is 0. The summed E-state index contributed by atoms with van der Waals surface area (Å²) in [6.07, 6.45) is -0.469. The van der Waals surface area contributed by atoms with Crippen LogP contribution < -0.4 is 0 Å². The molecule has 0 saturated carbocycles. The van der Waals surface area contributed by atoms with Crippen molar-refractivity contribution >= 4 is 29.7 Å². The Kier molecular flexibility index (Phi) is 5.73. The predicted octanol–water partition coefficient (Wildman–Crippen LogP) is -0.238. The normalized spacial score (nSPS) is 12.3. The summed E-state index contributed by atoms with van der Waals surface area (Å²) in [4.78, 5) is 57.4. The van der Waals surface area contributed by atoms with Crippen LogP contribution >= 0.6 is 0 Å². The summed E-state index contributed by atoms with van der Waals surface area (Å²) >= 11 is 0. The number of carbonyl (C=O) groups is 5. The molecular formula is C14H13NO9. The van der Waals surface area contributed by atoms with Crippen LogP contribution in [0.15, 0.2) is 12.1 Å². The van der Waals surface area contributed by atoms with Crippen molar-refractivity contribution in [2.24, 2.45) is 0 Å². The molecule has 1 aromatic rings. The Morgan fingerprint density at radius 3 is 1.54 bits per heavy atom. The summed E-state index contributed by atoms with van der Waals surface area (Å²) in [5.74, 6) is -6.01. The topological polar surface area (TPSA) is 170 Å². The second-order valence-electron chi connectivity index (χ2n) is 4.46. The van der Waals surface area contributed by atoms with Crippen LogP contribution in [0.5, 0.6) is 0 Å². The van der Waals surface area contributed by atoms with E-state index in [1.54, 1.807) is 0 Å². The molecular weight excluding hydrogens is 326 g/mol. The number of aliphatic carboxylic acids is 1. The third-order valence-corrected chi connectivity index (χ3v) is 3.12. The van der Waals surface area contributed by atoms with Crippen molar-refractivity contribution < 1.29 is 44.4 Å². The standard InChI is InChI=1S/C13H9NO8.CH4O/c15-9(16)1-2-14-10(17)5-3-7(12(19)20)8(13(21)22)4-6(5)11(14)18;1-2/h3-4H,1-2H2,(H,15,16)(H,19,20)(H,21,22);2H,1H3. The number of amides is 2. The molecule has 2 amide bonds. The second kappa shape index (κ2) is 7.33. The molecule has 0 aliphatic carbocycles. The SMILES string of the molecule is CO.O=C(O)CCN1C(=O)c2cc(C(=O)O)c(C(=O)O)cc2C1=O. The first-order valence-corrected chi connectivity index (χ1v) is 6.41. The quantitative estimate of drug-likeness (QED) is 0.529. The van der Waals surface area contributed by atoms with E-state index < -0.39 is 47.3 Å². The Balaban J connectivity index is 0.00000139. The lowest BCUT2D eigenvalue weighted by Crippen LogP contribution is -2.31. The Labute approximate surface area is 134 Å². The van der Waals surface area contributed by atoms with Gasteiger partial charge in [0.05, 0.1) is 28.7 Å². The van der Waals surface area contributed by atoms with E-state index in [0.29, 0.717) is 4.90 Å². The smallest absolute Gasteiger partial charge is 0.336 e. The van der Waals surface area contributed by atoms with Crippen LogP contribution in [0.4, 0.5) is 0 Å². The maximum Gasteiger partial charge on any atom is 0.336 e. The number of benzene rings is 1. The molecule has 0 spiro atoms. The molecule has 0 unspecified atom stereocenters. The molecule has 0 saturated heterocycles. The number of carboxylic acids is 3. The Morgan fingerprint density at radius 2 is 1.25 bits per heavy atom. The van der Waals surface area contributed by atoms with Gasteiger partial charge in [0.1, 0.15) is 0 Å². The van der Waals surface area contributed by atoms with Crippen LogP contribution in [0.2, 0.25) is 0 Å². The van der Waals surface area contributed by atoms with Crippen LogP contribution in [0.25, 0.3) is 0 Å². The van der Waals surface area contributed by atoms with Crippen molar-refractivity contribution in [3.63, 3.8) is 0 Å². The van der Waals surface area contributed by atoms with Gasteiger partial charge in [0.25, 0.3) is 11.8 Å². The van der Waals surface area contributed by atoms with Gasteiger partial charge in [-0.3, -0.25) is 19.3 Å². The number of carboxylic acid groups (broad SMARTS) is 3. The largest absolute Gasteiger partial charge is 0.481 e. The van der Waals surface area contributed by atoms with E-state index >= 15 is 0 Å². The molecule has 1 aliphatic rings. The van der Waals surface area contributed by atoms with E-state index in [2.05, 4.69) is 0 Å². The molecule has 0 atom stereocenters. The van der Waals surface area contributed by atoms with Gasteiger partial charge in [0, 0.05) is 13.7 Å². The zero-order chi connectivity index (χ0) is 18.6. The summed E-state index contributed by atoms with van der Waals surface area (Å²) in [7, 11) is 1.00. The molecule has 2 rings (SSSR count). The van der Waals surface area contributed by atoms with Gasteiger partial charge < -0.3 is 20.4 Å². The number of aliphatic hydroxyl groups is 1. The van der Waals surface area contributed by atoms with Crippen LogP contribution in [-0.2, 0) is 4.79 Å². The molecule has 0 radical (unpaired) electrons. The van der Waals surface area contributed by atoms with Gasteiger partial charge in [-0.25, -0.2) is 9.59 Å². The maximum absolute atomic E-state index is 12.0. The second-order valence-corrected chi connectivity index (χ2v) is 4.46. The number of rotatable bonds is 5. The highest BCUT2D eigenvalue weighted by atomic mass is 16.4. The highest BCUT2D eigenvalue weighted by Crippen LogP contribution is 2.27. The lowest BCUT2D eigenvalue weighted by molar-refractivity contribution is -0.137. The predicted molar refractivity (Wildman–Crippen MR) is 76.1 cm³/mol. The van der Waals surface area contributed by atoms with Gasteiger partial charge in [-0.05, 0) is 12.1 Å². The maximum atomic E-state index is 12.0. The van der Waals surface area contributed by atoms with E-state index in [0.717, 1.165) is 19.2 Å². The van der Waals surface area contributed by atoms with Gasteiger partial charge in [0.2, 0.25) is 0 Å². The van der Waals surface area contributed by atoms with Crippen LogP contribution in [0.1, 0.15) is 47.9 Å². The lowest BCUT2D eigenvalue weighted by Gasteiger charge is -2.11. The molecule has 0 bridgehead atoms. The highest BCUT2D eigenvalue weighted by Gasteiger charge is 2.37. The molecule has 0 fully saturated rings. The van der Waals surface area contributed by atoms with Gasteiger partial charge in [-0.1, -0.05) is 0 Å². The molecule has 1 aliphatic heterocycles. The van der Waals surface area contributed by atoms with Crippen LogP contribution in [0.3, 0.4) is 0 Å². The zero-order valence-electron chi connectivity index (χ0n) is 12.3. The first-order valence-electron chi connectivity index (χ1n) is 6.41. The van der Waals surface area contributed by atoms with Gasteiger partial charge in [-0.15, -0.1) is 0 Å². The summed E-state index contributed by atoms with van der Waals surface area (Å²) in [5.41, 5.74) is -1.74. The zero-order valence-corrected chi connectivity index (χ0v) is 12.3. The molecule has 10 heteroatoms. The van der Waals surface area contributed by atoms with E-state index in [-0.39, 0.29) is 17.7 Å². The fourth-order valence-corrected chi connectivity index (χ4v) is 2.10. The van der Waals surface area contributed by atoms with Crippen molar-refractivity contribution in [2.75, 3.05) is 13.7 Å². The first-order chi connectivity index (χ1) is 11.2. The third kappa shape index (κ3) is 3.38. The van der Waals surface area contributed by atoms with Gasteiger partial charge in [0.15, 0.2) is 0 Å². The number of aromatic carboxylic acids is 2. The average molecular weight is 339 g/mol. The summed E-state index contributed by atoms with van der Waals surface area (Å²) in [6.45, 7) is -0.382. The van der Waals surface area contributed by atoms with Crippen molar-refractivity contribution in [3.8, 4) is 0 Å². The van der Waals surface area contributed by atoms with Crippen molar-refractivity contribution in [3.05, 3.63) is 34.4 Å². The van der Waals surface area contributed by atoms with Crippen molar-refractivity contribution in [2.45, 2.75) is 6.42 Å². The highest BCUT2D eigenvalue weighted by molar-refractivity contribution is 6.23. The molecule has 10 nitrogen and oxygen atoms in total. The minimum atomic E-state index is -1.55. The number of hydrogen-bond donors (Lipinski definition) is 4.